The third kappa shape index (κ3) is 7.58. The van der Waals surface area contributed by atoms with Gasteiger partial charge in [-0.25, -0.2) is 0 Å². The standard InChI is InChI=1S/C18H21ClN2OS.ClH/c1-2-3-12-20-13-18(22)21-15-6-10-17(11-7-15)23-16-8-4-14(19)5-9-16;/h4-11,20H,2-3,12-13H2,1H3,(H,21,22);1H. The van der Waals surface area contributed by atoms with Crippen LogP contribution in [0.1, 0.15) is 19.8 Å². The molecule has 0 atom stereocenters. The van der Waals surface area contributed by atoms with Crippen LogP contribution in [0.4, 0.5) is 5.69 Å². The molecule has 0 fully saturated rings. The van der Waals surface area contributed by atoms with Crippen molar-refractivity contribution < 1.29 is 4.79 Å². The summed E-state index contributed by atoms with van der Waals surface area (Å²) in [7, 11) is 0. The Labute approximate surface area is 159 Å². The molecular weight excluding hydrogens is 363 g/mol. The number of nitrogens with one attached hydrogen (secondary N) is 2. The smallest absolute Gasteiger partial charge is 0.238 e. The van der Waals surface area contributed by atoms with E-state index in [4.69, 9.17) is 11.6 Å². The molecule has 1 amide bonds. The van der Waals surface area contributed by atoms with Gasteiger partial charge in [-0.05, 0) is 61.5 Å². The Morgan fingerprint density at radius 3 is 2.21 bits per heavy atom. The highest BCUT2D eigenvalue weighted by Crippen LogP contribution is 2.29. The van der Waals surface area contributed by atoms with Gasteiger partial charge in [0.1, 0.15) is 0 Å². The molecule has 0 aliphatic heterocycles. The van der Waals surface area contributed by atoms with Gasteiger partial charge >= 0.3 is 0 Å². The zero-order chi connectivity index (χ0) is 16.5. The number of hydrogen-bond acceptors (Lipinski definition) is 3. The summed E-state index contributed by atoms with van der Waals surface area (Å²) in [5, 5.41) is 6.75. The van der Waals surface area contributed by atoms with E-state index in [0.29, 0.717) is 6.54 Å². The third-order valence-electron chi connectivity index (χ3n) is 3.18. The quantitative estimate of drug-likeness (QED) is 0.611. The molecule has 0 saturated heterocycles. The van der Waals surface area contributed by atoms with Crippen LogP contribution in [-0.2, 0) is 4.79 Å². The summed E-state index contributed by atoms with van der Waals surface area (Å²) in [6.45, 7) is 3.35. The fourth-order valence-corrected chi connectivity index (χ4v) is 2.90. The van der Waals surface area contributed by atoms with Crippen molar-refractivity contribution in [3.8, 4) is 0 Å². The highest BCUT2D eigenvalue weighted by molar-refractivity contribution is 7.99. The van der Waals surface area contributed by atoms with Crippen molar-refractivity contribution in [3.63, 3.8) is 0 Å². The Morgan fingerprint density at radius 1 is 1.04 bits per heavy atom. The van der Waals surface area contributed by atoms with E-state index >= 15 is 0 Å². The van der Waals surface area contributed by atoms with E-state index in [2.05, 4.69) is 17.6 Å². The molecule has 2 aromatic carbocycles. The van der Waals surface area contributed by atoms with E-state index in [9.17, 15) is 4.79 Å². The minimum Gasteiger partial charge on any atom is -0.325 e. The first-order valence-electron chi connectivity index (χ1n) is 7.71. The summed E-state index contributed by atoms with van der Waals surface area (Å²) >= 11 is 7.54. The SMILES string of the molecule is CCCCNCC(=O)Nc1ccc(Sc2ccc(Cl)cc2)cc1.Cl. The number of carbonyl (C=O) groups excluding carboxylic acids is 1. The number of carbonyl (C=O) groups is 1. The van der Waals surface area contributed by atoms with Gasteiger partial charge in [-0.2, -0.15) is 0 Å². The number of halogens is 2. The number of benzene rings is 2. The lowest BCUT2D eigenvalue weighted by Crippen LogP contribution is -2.28. The number of unbranched alkanes of at least 4 members (excludes halogenated alkanes) is 1. The van der Waals surface area contributed by atoms with Gasteiger partial charge in [0.25, 0.3) is 0 Å². The summed E-state index contributed by atoms with van der Waals surface area (Å²) < 4.78 is 0. The van der Waals surface area contributed by atoms with Crippen LogP contribution >= 0.6 is 35.8 Å². The lowest BCUT2D eigenvalue weighted by Gasteiger charge is -2.07. The summed E-state index contributed by atoms with van der Waals surface area (Å²) in [5.74, 6) is -0.0146. The van der Waals surface area contributed by atoms with Gasteiger partial charge in [0.2, 0.25) is 5.91 Å². The van der Waals surface area contributed by atoms with Gasteiger partial charge < -0.3 is 10.6 Å². The normalized spacial score (nSPS) is 10.1. The van der Waals surface area contributed by atoms with Crippen molar-refractivity contribution >= 4 is 47.4 Å². The second-order valence-electron chi connectivity index (χ2n) is 5.16. The third-order valence-corrected chi connectivity index (χ3v) is 4.45. The highest BCUT2D eigenvalue weighted by atomic mass is 35.5. The van der Waals surface area contributed by atoms with E-state index in [-0.39, 0.29) is 18.3 Å². The molecule has 0 radical (unpaired) electrons. The van der Waals surface area contributed by atoms with Crippen molar-refractivity contribution in [2.24, 2.45) is 0 Å². The maximum Gasteiger partial charge on any atom is 0.238 e. The van der Waals surface area contributed by atoms with Gasteiger partial charge in [-0.1, -0.05) is 36.7 Å². The van der Waals surface area contributed by atoms with Crippen LogP contribution in [0.25, 0.3) is 0 Å². The van der Waals surface area contributed by atoms with Crippen molar-refractivity contribution in [3.05, 3.63) is 53.6 Å². The zero-order valence-electron chi connectivity index (χ0n) is 13.5. The maximum absolute atomic E-state index is 11.8. The van der Waals surface area contributed by atoms with Crippen LogP contribution in [0.2, 0.25) is 5.02 Å². The molecule has 2 rings (SSSR count). The molecule has 24 heavy (non-hydrogen) atoms. The monoisotopic (exact) mass is 384 g/mol. The highest BCUT2D eigenvalue weighted by Gasteiger charge is 2.02. The van der Waals surface area contributed by atoms with Crippen LogP contribution in [-0.4, -0.2) is 19.0 Å². The van der Waals surface area contributed by atoms with Gasteiger partial charge in [-0.15, -0.1) is 12.4 Å². The number of rotatable bonds is 8. The van der Waals surface area contributed by atoms with Crippen LogP contribution < -0.4 is 10.6 Å². The molecule has 6 heteroatoms. The fourth-order valence-electron chi connectivity index (χ4n) is 1.95. The van der Waals surface area contributed by atoms with Crippen molar-refractivity contribution in [2.75, 3.05) is 18.4 Å². The number of amides is 1. The number of hydrogen-bond donors (Lipinski definition) is 2. The Morgan fingerprint density at radius 2 is 1.62 bits per heavy atom. The Balaban J connectivity index is 0.00000288. The average molecular weight is 385 g/mol. The first kappa shape index (κ1) is 20.8. The van der Waals surface area contributed by atoms with Crippen LogP contribution in [0, 0.1) is 0 Å². The average Bonchev–Trinajstić information content (AvgIpc) is 2.56. The minimum absolute atomic E-state index is 0. The van der Waals surface area contributed by atoms with Crippen LogP contribution in [0.5, 0.6) is 0 Å². The van der Waals surface area contributed by atoms with Crippen molar-refractivity contribution in [2.45, 2.75) is 29.6 Å². The van der Waals surface area contributed by atoms with Crippen LogP contribution in [0.15, 0.2) is 58.3 Å². The van der Waals surface area contributed by atoms with Gasteiger partial charge in [0.15, 0.2) is 0 Å². The predicted molar refractivity (Wildman–Crippen MR) is 106 cm³/mol. The second-order valence-corrected chi connectivity index (χ2v) is 6.74. The lowest BCUT2D eigenvalue weighted by atomic mass is 10.3. The van der Waals surface area contributed by atoms with Crippen molar-refractivity contribution in [1.29, 1.82) is 0 Å². The second kappa shape index (κ2) is 11.4. The van der Waals surface area contributed by atoms with Crippen molar-refractivity contribution in [1.82, 2.24) is 5.32 Å². The molecular formula is C18H22Cl2N2OS. The van der Waals surface area contributed by atoms with E-state index < -0.39 is 0 Å². The predicted octanol–water partition coefficient (Wildman–Crippen LogP) is 5.24. The summed E-state index contributed by atoms with van der Waals surface area (Å²) in [5.41, 5.74) is 0.813. The topological polar surface area (TPSA) is 41.1 Å². The Hall–Kier alpha value is -1.20. The Kier molecular flexibility index (Phi) is 9.88. The molecule has 0 saturated carbocycles. The van der Waals surface area contributed by atoms with E-state index in [1.165, 1.54) is 0 Å². The first-order chi connectivity index (χ1) is 11.2. The fraction of sp³-hybridized carbons (Fsp3) is 0.278. The lowest BCUT2D eigenvalue weighted by molar-refractivity contribution is -0.115. The first-order valence-corrected chi connectivity index (χ1v) is 8.91. The molecule has 130 valence electrons. The molecule has 0 unspecified atom stereocenters. The van der Waals surface area contributed by atoms with E-state index in [1.807, 2.05) is 48.5 Å². The molecule has 2 N–H and O–H groups in total. The van der Waals surface area contributed by atoms with Gasteiger partial charge in [-0.3, -0.25) is 4.79 Å². The molecule has 0 aliphatic rings. The zero-order valence-corrected chi connectivity index (χ0v) is 15.9. The van der Waals surface area contributed by atoms with Crippen LogP contribution in [0.3, 0.4) is 0 Å². The summed E-state index contributed by atoms with van der Waals surface area (Å²) in [6, 6.07) is 15.6. The molecule has 0 bridgehead atoms. The summed E-state index contributed by atoms with van der Waals surface area (Å²) in [6.07, 6.45) is 2.21. The van der Waals surface area contributed by atoms with E-state index in [0.717, 1.165) is 39.9 Å². The summed E-state index contributed by atoms with van der Waals surface area (Å²) in [4.78, 5) is 14.0. The van der Waals surface area contributed by atoms with Gasteiger partial charge in [0.05, 0.1) is 6.54 Å². The largest absolute Gasteiger partial charge is 0.325 e. The molecule has 0 heterocycles. The molecule has 0 spiro atoms. The van der Waals surface area contributed by atoms with E-state index in [1.54, 1.807) is 11.8 Å². The minimum atomic E-state index is -0.0146. The molecule has 3 nitrogen and oxygen atoms in total. The van der Waals surface area contributed by atoms with Gasteiger partial charge in [0, 0.05) is 20.5 Å². The Bertz CT molecular complexity index is 618. The molecule has 2 aromatic rings. The molecule has 0 aromatic heterocycles. The maximum atomic E-state index is 11.8. The molecule has 0 aliphatic carbocycles. The number of anilines is 1.